The largest absolute Gasteiger partial charge is 0.497 e. The Kier molecular flexibility index (Phi) is 43.0. The number of likely N-dealkylation sites (N-methyl/N-ethyl adjacent to an activating group) is 3. The molecular weight excluding hydrogens is 1860 g/mol. The number of nitrogens with zero attached hydrogens (tertiary/aromatic N) is 7. The molecule has 3 aromatic heterocycles. The number of imidazole rings is 1. The number of amides is 16. The zero-order valence-corrected chi connectivity index (χ0v) is 82.7. The maximum atomic E-state index is 16.1. The minimum absolute atomic E-state index is 0.00314. The van der Waals surface area contributed by atoms with Crippen molar-refractivity contribution in [2.45, 2.75) is 267 Å². The van der Waals surface area contributed by atoms with Gasteiger partial charge in [-0.15, -0.1) is 11.8 Å². The molecule has 45 heteroatoms. The first kappa shape index (κ1) is 112. The topological polar surface area (TPSA) is 641 Å². The average molecular weight is 2000 g/mol. The third kappa shape index (κ3) is 31.5. The number of hydrogen-bond acceptors (Lipinski definition) is 24. The number of carbonyl (C=O) groups is 18. The minimum Gasteiger partial charge on any atom is -0.497 e. The highest BCUT2D eigenvalue weighted by Crippen LogP contribution is 2.29. The van der Waals surface area contributed by atoms with E-state index in [4.69, 9.17) is 21.9 Å². The molecular formula is C97H138N22O22S. The summed E-state index contributed by atoms with van der Waals surface area (Å²) < 4.78 is 6.81. The van der Waals surface area contributed by atoms with E-state index in [0.29, 0.717) is 88.5 Å². The predicted molar refractivity (Wildman–Crippen MR) is 524 cm³/mol. The zero-order chi connectivity index (χ0) is 104. The number of aliphatic carboxylic acids is 2. The number of aliphatic hydroxyl groups is 1. The van der Waals surface area contributed by atoms with E-state index in [1.807, 2.05) is 13.8 Å². The quantitative estimate of drug-likeness (QED) is 0.0238. The molecule has 0 aliphatic carbocycles. The highest BCUT2D eigenvalue weighted by Gasteiger charge is 2.47. The molecule has 774 valence electrons. The molecule has 3 aliphatic heterocycles. The van der Waals surface area contributed by atoms with Crippen molar-refractivity contribution in [3.8, 4) is 5.75 Å². The fraction of sp³-hybridized carbons (Fsp3) is 0.557. The number of aliphatic hydroxyl groups excluding tert-OH is 1. The number of thioether (sulfide) groups is 1. The zero-order valence-electron chi connectivity index (χ0n) is 81.9. The predicted octanol–water partition coefficient (Wildman–Crippen LogP) is -0.466. The van der Waals surface area contributed by atoms with Crippen LogP contribution in [-0.4, -0.2) is 329 Å². The molecule has 0 bridgehead atoms. The van der Waals surface area contributed by atoms with Gasteiger partial charge in [0.15, 0.2) is 0 Å². The Morgan fingerprint density at radius 2 is 1.12 bits per heavy atom. The van der Waals surface area contributed by atoms with Gasteiger partial charge in [-0.05, 0) is 138 Å². The van der Waals surface area contributed by atoms with Gasteiger partial charge in [-0.3, -0.25) is 86.3 Å². The van der Waals surface area contributed by atoms with Crippen LogP contribution in [0.2, 0.25) is 0 Å². The van der Waals surface area contributed by atoms with Gasteiger partial charge < -0.3 is 129 Å². The van der Waals surface area contributed by atoms with Crippen molar-refractivity contribution >= 4 is 140 Å². The third-order valence-electron chi connectivity index (χ3n) is 25.7. The summed E-state index contributed by atoms with van der Waals surface area (Å²) in [4.78, 5) is 281. The second kappa shape index (κ2) is 54.4. The van der Waals surface area contributed by atoms with E-state index < -0.39 is 241 Å². The number of primary amides is 1. The summed E-state index contributed by atoms with van der Waals surface area (Å²) in [5.74, 6) is -18.3. The van der Waals surface area contributed by atoms with E-state index in [2.05, 4.69) is 68.1 Å². The Morgan fingerprint density at radius 1 is 0.556 bits per heavy atom. The van der Waals surface area contributed by atoms with E-state index in [0.717, 1.165) is 31.4 Å². The number of carboxylic acids is 2. The van der Waals surface area contributed by atoms with E-state index in [9.17, 15) is 63.3 Å². The Hall–Kier alpha value is -13.6. The first-order valence-corrected chi connectivity index (χ1v) is 49.4. The van der Waals surface area contributed by atoms with Gasteiger partial charge in [-0.1, -0.05) is 102 Å². The SMILES string of the molecule is CCCC[C@H]1C(=O)N(C)[C@@H](CCCC)C(=O)N[C@@H](CC(C)C)C(=O)N[C@H](C(=O)NCC(N)=O)CSCC(=O)N[C@@H](Cc2ccc(OC)cc2)C(=O)N(C)[C@@H](C)C(=O)N[C@@H](CC(=O)O)C(=O)N2CCCC2C(=O)N[C@@H](Cc2cnc[nH]2)C(=O)N[C@@H](CCCCN)C(=O)N2C[C@H](O)C[C@@H]2C(=O)N[C@@H](Cc2c[nH]c3ccccc23)C(=O)N[C@@H](CCCCN)C(=O)N[C@@H](Cc2cn(CC(=O)O)c3ccccc23)C(=O)N1C. The number of aromatic nitrogens is 4. The number of nitrogens with two attached hydrogens (primary N) is 3. The van der Waals surface area contributed by atoms with Crippen LogP contribution in [0.1, 0.15) is 166 Å². The van der Waals surface area contributed by atoms with Crippen LogP contribution >= 0.6 is 11.8 Å². The smallest absolute Gasteiger partial charge is 0.323 e. The second-order valence-corrected chi connectivity index (χ2v) is 37.9. The van der Waals surface area contributed by atoms with Crippen molar-refractivity contribution in [2.75, 3.05) is 72.5 Å². The highest BCUT2D eigenvalue weighted by molar-refractivity contribution is 8.00. The van der Waals surface area contributed by atoms with Crippen molar-refractivity contribution in [2.24, 2.45) is 23.1 Å². The molecule has 0 radical (unpaired) electrons. The molecule has 1 unspecified atom stereocenters. The molecule has 16 amide bonds. The lowest BCUT2D eigenvalue weighted by atomic mass is 9.99. The number of hydrogen-bond donors (Lipinski definition) is 18. The fourth-order valence-corrected chi connectivity index (χ4v) is 18.7. The van der Waals surface area contributed by atoms with Crippen LogP contribution in [0.5, 0.6) is 5.75 Å². The summed E-state index contributed by atoms with van der Waals surface area (Å²) >= 11 is 0.796. The van der Waals surface area contributed by atoms with Gasteiger partial charge in [-0.25, -0.2) is 4.98 Å². The lowest BCUT2D eigenvalue weighted by Gasteiger charge is -2.36. The van der Waals surface area contributed by atoms with E-state index >= 15 is 38.4 Å². The summed E-state index contributed by atoms with van der Waals surface area (Å²) in [5.41, 5.74) is 20.3. The fourth-order valence-electron chi connectivity index (χ4n) is 17.9. The lowest BCUT2D eigenvalue weighted by Crippen LogP contribution is -2.61. The first-order valence-electron chi connectivity index (χ1n) is 48.3. The Balaban J connectivity index is 1.13. The average Bonchev–Trinajstić information content (AvgIpc) is 1.61. The van der Waals surface area contributed by atoms with Gasteiger partial charge in [0, 0.05) is 118 Å². The number of ether oxygens (including phenoxy) is 1. The monoisotopic (exact) mass is 2000 g/mol. The van der Waals surface area contributed by atoms with Gasteiger partial charge in [0.25, 0.3) is 0 Å². The highest BCUT2D eigenvalue weighted by atomic mass is 32.2. The molecule has 3 aliphatic rings. The molecule has 6 aromatic rings. The number of carboxylic acid groups (broad SMARTS) is 2. The summed E-state index contributed by atoms with van der Waals surface area (Å²) in [6.45, 7) is 6.88. The van der Waals surface area contributed by atoms with Crippen LogP contribution < -0.4 is 75.1 Å². The molecule has 6 heterocycles. The molecule has 3 aromatic carbocycles. The maximum Gasteiger partial charge on any atom is 0.323 e. The molecule has 21 N–H and O–H groups in total. The number of benzene rings is 3. The molecule has 0 spiro atoms. The second-order valence-electron chi connectivity index (χ2n) is 36.8. The van der Waals surface area contributed by atoms with Gasteiger partial charge in [0.05, 0.1) is 38.3 Å². The number of unbranched alkanes of at least 4 members (excludes halogenated alkanes) is 4. The number of fused-ring (bicyclic) bond motifs is 4. The van der Waals surface area contributed by atoms with Crippen molar-refractivity contribution in [3.63, 3.8) is 0 Å². The van der Waals surface area contributed by atoms with E-state index in [1.54, 1.807) is 92.8 Å². The summed E-state index contributed by atoms with van der Waals surface area (Å²) in [5, 5.41) is 60.4. The van der Waals surface area contributed by atoms with Crippen LogP contribution in [0.3, 0.4) is 0 Å². The number of nitrogens with one attached hydrogen (secondary N) is 12. The number of carbonyl (C=O) groups excluding carboxylic acids is 16. The Bertz CT molecular complexity index is 5400. The van der Waals surface area contributed by atoms with Crippen LogP contribution in [0.25, 0.3) is 21.8 Å². The summed E-state index contributed by atoms with van der Waals surface area (Å²) in [6.07, 6.45) is 4.22. The van der Waals surface area contributed by atoms with Gasteiger partial charge >= 0.3 is 11.9 Å². The Morgan fingerprint density at radius 3 is 1.75 bits per heavy atom. The van der Waals surface area contributed by atoms with Crippen LogP contribution in [-0.2, 0) is 119 Å². The first-order chi connectivity index (χ1) is 67.8. The third-order valence-corrected chi connectivity index (χ3v) is 26.8. The number of rotatable bonds is 32. The Labute approximate surface area is 827 Å². The van der Waals surface area contributed by atoms with Crippen molar-refractivity contribution in [1.82, 2.24) is 97.2 Å². The summed E-state index contributed by atoms with van der Waals surface area (Å²) in [7, 11) is 5.38. The van der Waals surface area contributed by atoms with Crippen molar-refractivity contribution in [3.05, 3.63) is 120 Å². The molecule has 3 fully saturated rings. The lowest BCUT2D eigenvalue weighted by molar-refractivity contribution is -0.149. The van der Waals surface area contributed by atoms with E-state index in [1.165, 1.54) is 63.4 Å². The molecule has 142 heavy (non-hydrogen) atoms. The maximum absolute atomic E-state index is 16.1. The number of methoxy groups -OCH3 is 1. The number of para-hydroxylation sites is 2. The van der Waals surface area contributed by atoms with Crippen molar-refractivity contribution in [1.29, 1.82) is 0 Å². The molecule has 9 rings (SSSR count). The van der Waals surface area contributed by atoms with Crippen molar-refractivity contribution < 1.29 is 106 Å². The minimum atomic E-state index is -1.90. The normalized spacial score (nSPS) is 24.1. The van der Waals surface area contributed by atoms with Gasteiger partial charge in [0.1, 0.15) is 96.9 Å². The van der Waals surface area contributed by atoms with E-state index in [-0.39, 0.29) is 109 Å². The molecule has 15 atom stereocenters. The van der Waals surface area contributed by atoms with Crippen LogP contribution in [0, 0.1) is 5.92 Å². The van der Waals surface area contributed by atoms with Gasteiger partial charge in [0.2, 0.25) is 94.5 Å². The van der Waals surface area contributed by atoms with Crippen LogP contribution in [0.4, 0.5) is 0 Å². The van der Waals surface area contributed by atoms with Crippen LogP contribution in [0.15, 0.2) is 97.7 Å². The molecule has 3 saturated heterocycles. The summed E-state index contributed by atoms with van der Waals surface area (Å²) in [6, 6.07) is -1.41. The van der Waals surface area contributed by atoms with Gasteiger partial charge in [-0.2, -0.15) is 0 Å². The standard InChI is InChI=1S/C97H138N22O22S/c1-10-12-28-76-90(133)108-68(39-55(3)4)87(130)113-74(85(128)103-48-80(100)121)52-142-53-81(122)105-71(40-57-32-34-62(141-9)35-33-57)93(136)114(6)56(5)84(127)111-73(45-82(123)124)96(139)118-38-22-31-77(118)91(134)110-70(43-60-47-101-54-104-60)89(132)107-67(27-19-21-37-99)95(138)119-50-61(120)44-79(119)92(135)109-69(41-58-46-102-65-25-16-14-23-63(58)65)88(131)106-66(26-18-20-36-98)86(129)112-72(94(137)116(8)78(29-13-11-2)97(140)115(76)7)42-59-49-117(51-83(125)126)75-30-17-15-24-64(59)75/h14-17,23-25,30,32-35,46-47,49,54-56,61,66-74,76-79,102,120H,10-13,18-22,26-29,31,36-45,48,50-53,98-99H2,1-9H3,(H2,100,121)(H,101,104)(H,103,128)(H,105,122)(H,106,131)(H,107,132)(H,108,133)(H,109,135)(H,110,134)(H,111,127)(H,112,129)(H,113,130)(H,123,124)(H,125,126)/t56-,61+,66-,67-,68-,69-,70-,71-,72-,73-,74-,76-,77?,78-,79+/m0/s1. The molecule has 0 saturated carbocycles. The number of aromatic amines is 2. The molecule has 44 nitrogen and oxygen atoms in total. The number of H-pyrrole nitrogens is 2.